The van der Waals surface area contributed by atoms with Crippen molar-refractivity contribution in [3.8, 4) is 0 Å². The largest absolute Gasteiger partial charge is 0.397 e. The fourth-order valence-electron chi connectivity index (χ4n) is 2.07. The van der Waals surface area contributed by atoms with Gasteiger partial charge in [0.25, 0.3) is 0 Å². The number of hydrogen-bond donors (Lipinski definition) is 3. The van der Waals surface area contributed by atoms with E-state index < -0.39 is 0 Å². The number of nitrogen functional groups attached to an aromatic ring is 1. The number of nitrogens with one attached hydrogen (secondary N) is 2. The molecule has 1 atom stereocenters. The topological polar surface area (TPSA) is 66.7 Å². The highest BCUT2D eigenvalue weighted by atomic mass is 15.1. The molecule has 0 aliphatic rings. The third-order valence-corrected chi connectivity index (χ3v) is 3.20. The number of aromatic amines is 1. The normalized spacial score (nSPS) is 13.2. The van der Waals surface area contributed by atoms with Crippen molar-refractivity contribution >= 4 is 22.3 Å². The maximum atomic E-state index is 6.04. The van der Waals surface area contributed by atoms with Crippen LogP contribution in [0.5, 0.6) is 0 Å². The monoisotopic (exact) mass is 232 g/mol. The van der Waals surface area contributed by atoms with Crippen molar-refractivity contribution in [3.05, 3.63) is 18.3 Å². The van der Waals surface area contributed by atoms with E-state index in [1.54, 1.807) is 6.20 Å². The van der Waals surface area contributed by atoms with Crippen LogP contribution in [0.25, 0.3) is 10.9 Å². The summed E-state index contributed by atoms with van der Waals surface area (Å²) in [6.07, 6.45) is 2.87. The summed E-state index contributed by atoms with van der Waals surface area (Å²) in [5.41, 5.74) is 8.82. The fourth-order valence-corrected chi connectivity index (χ4v) is 2.07. The summed E-state index contributed by atoms with van der Waals surface area (Å²) in [5, 5.41) is 11.5. The Labute approximate surface area is 102 Å². The van der Waals surface area contributed by atoms with Crippen LogP contribution >= 0.6 is 0 Å². The van der Waals surface area contributed by atoms with Crippen LogP contribution in [0.3, 0.4) is 0 Å². The lowest BCUT2D eigenvalue weighted by molar-refractivity contribution is 0.511. The van der Waals surface area contributed by atoms with Crippen molar-refractivity contribution in [2.45, 2.75) is 33.2 Å². The Bertz CT molecular complexity index is 501. The number of anilines is 2. The highest BCUT2D eigenvalue weighted by Crippen LogP contribution is 2.26. The van der Waals surface area contributed by atoms with Gasteiger partial charge in [-0.05, 0) is 24.5 Å². The van der Waals surface area contributed by atoms with Gasteiger partial charge >= 0.3 is 0 Å². The molecule has 4 nitrogen and oxygen atoms in total. The Kier molecular flexibility index (Phi) is 3.22. The van der Waals surface area contributed by atoms with E-state index in [1.807, 2.05) is 12.1 Å². The molecule has 2 aromatic rings. The van der Waals surface area contributed by atoms with Crippen LogP contribution in [0.1, 0.15) is 27.2 Å². The molecule has 4 N–H and O–H groups in total. The molecule has 1 aromatic heterocycles. The van der Waals surface area contributed by atoms with E-state index in [4.69, 9.17) is 5.73 Å². The first-order chi connectivity index (χ1) is 8.11. The summed E-state index contributed by atoms with van der Waals surface area (Å²) in [5.74, 6) is 0.580. The van der Waals surface area contributed by atoms with E-state index in [9.17, 15) is 0 Å². The number of fused-ring (bicyclic) bond motifs is 1. The quantitative estimate of drug-likeness (QED) is 0.710. The molecular weight excluding hydrogens is 212 g/mol. The molecule has 4 heteroatoms. The smallest absolute Gasteiger partial charge is 0.0672 e. The van der Waals surface area contributed by atoms with Gasteiger partial charge in [0.05, 0.1) is 23.1 Å². The maximum Gasteiger partial charge on any atom is 0.0672 e. The summed E-state index contributed by atoms with van der Waals surface area (Å²) >= 11 is 0. The Morgan fingerprint density at radius 3 is 2.82 bits per heavy atom. The van der Waals surface area contributed by atoms with Crippen molar-refractivity contribution in [1.82, 2.24) is 10.2 Å². The lowest BCUT2D eigenvalue weighted by atomic mass is 10.0. The predicted octanol–water partition coefficient (Wildman–Crippen LogP) is 2.99. The Morgan fingerprint density at radius 2 is 2.18 bits per heavy atom. The molecule has 0 saturated heterocycles. The number of H-pyrrole nitrogens is 1. The molecule has 0 fully saturated rings. The van der Waals surface area contributed by atoms with E-state index in [-0.39, 0.29) is 0 Å². The second-order valence-corrected chi connectivity index (χ2v) is 4.80. The molecule has 0 aliphatic carbocycles. The molecule has 0 aliphatic heterocycles. The molecule has 2 rings (SSSR count). The molecule has 0 amide bonds. The van der Waals surface area contributed by atoms with Gasteiger partial charge in [0.1, 0.15) is 0 Å². The van der Waals surface area contributed by atoms with Gasteiger partial charge in [-0.15, -0.1) is 0 Å². The molecule has 0 radical (unpaired) electrons. The first-order valence-corrected chi connectivity index (χ1v) is 6.11. The minimum atomic E-state index is 0.442. The van der Waals surface area contributed by atoms with E-state index in [0.29, 0.717) is 12.0 Å². The third kappa shape index (κ3) is 2.35. The average molecular weight is 232 g/mol. The van der Waals surface area contributed by atoms with Crippen LogP contribution < -0.4 is 11.1 Å². The Balaban J connectivity index is 2.31. The van der Waals surface area contributed by atoms with Gasteiger partial charge in [0, 0.05) is 11.4 Å². The van der Waals surface area contributed by atoms with Gasteiger partial charge in [-0.2, -0.15) is 5.10 Å². The highest BCUT2D eigenvalue weighted by Gasteiger charge is 2.12. The minimum absolute atomic E-state index is 0.442. The van der Waals surface area contributed by atoms with Crippen LogP contribution in [0, 0.1) is 5.92 Å². The standard InChI is InChI=1S/C13H20N4/c1-4-11(8(2)3)16-13-6-12-9(5-10(13)14)7-15-17-12/h5-8,11,16H,4,14H2,1-3H3,(H,15,17). The van der Waals surface area contributed by atoms with Crippen molar-refractivity contribution in [2.75, 3.05) is 11.1 Å². The van der Waals surface area contributed by atoms with E-state index in [0.717, 1.165) is 28.7 Å². The molecule has 92 valence electrons. The lowest BCUT2D eigenvalue weighted by Crippen LogP contribution is -2.25. The second-order valence-electron chi connectivity index (χ2n) is 4.80. The van der Waals surface area contributed by atoms with Gasteiger partial charge in [-0.3, -0.25) is 5.10 Å². The summed E-state index contributed by atoms with van der Waals surface area (Å²) in [6, 6.07) is 4.43. The van der Waals surface area contributed by atoms with Crippen molar-refractivity contribution in [1.29, 1.82) is 0 Å². The number of nitrogens with zero attached hydrogens (tertiary/aromatic N) is 1. The fraction of sp³-hybridized carbons (Fsp3) is 0.462. The number of rotatable bonds is 4. The van der Waals surface area contributed by atoms with E-state index in [1.165, 1.54) is 0 Å². The van der Waals surface area contributed by atoms with Crippen molar-refractivity contribution < 1.29 is 0 Å². The van der Waals surface area contributed by atoms with Gasteiger partial charge < -0.3 is 11.1 Å². The molecule has 1 aromatic carbocycles. The summed E-state index contributed by atoms with van der Waals surface area (Å²) in [4.78, 5) is 0. The zero-order valence-electron chi connectivity index (χ0n) is 10.6. The van der Waals surface area contributed by atoms with Gasteiger partial charge in [0.2, 0.25) is 0 Å². The Hall–Kier alpha value is -1.71. The van der Waals surface area contributed by atoms with Crippen LogP contribution in [0.4, 0.5) is 11.4 Å². The van der Waals surface area contributed by atoms with Crippen molar-refractivity contribution in [3.63, 3.8) is 0 Å². The SMILES string of the molecule is CCC(Nc1cc2[nH]ncc2cc1N)C(C)C. The molecule has 1 unspecified atom stereocenters. The van der Waals surface area contributed by atoms with Crippen LogP contribution in [-0.4, -0.2) is 16.2 Å². The lowest BCUT2D eigenvalue weighted by Gasteiger charge is -2.23. The molecule has 1 heterocycles. The minimum Gasteiger partial charge on any atom is -0.397 e. The van der Waals surface area contributed by atoms with Crippen LogP contribution in [0.15, 0.2) is 18.3 Å². The molecule has 0 saturated carbocycles. The average Bonchev–Trinajstić information content (AvgIpc) is 2.72. The summed E-state index contributed by atoms with van der Waals surface area (Å²) in [6.45, 7) is 6.61. The van der Waals surface area contributed by atoms with E-state index in [2.05, 4.69) is 36.3 Å². The molecular formula is C13H20N4. The summed E-state index contributed by atoms with van der Waals surface area (Å²) < 4.78 is 0. The summed E-state index contributed by atoms with van der Waals surface area (Å²) in [7, 11) is 0. The number of aromatic nitrogens is 2. The Morgan fingerprint density at radius 1 is 1.41 bits per heavy atom. The maximum absolute atomic E-state index is 6.04. The number of nitrogens with two attached hydrogens (primary N) is 1. The second kappa shape index (κ2) is 4.65. The van der Waals surface area contributed by atoms with E-state index >= 15 is 0 Å². The molecule has 0 bridgehead atoms. The highest BCUT2D eigenvalue weighted by molar-refractivity contribution is 5.88. The third-order valence-electron chi connectivity index (χ3n) is 3.20. The number of benzene rings is 1. The first kappa shape index (κ1) is 11.8. The van der Waals surface area contributed by atoms with Crippen molar-refractivity contribution in [2.24, 2.45) is 5.92 Å². The zero-order chi connectivity index (χ0) is 12.4. The first-order valence-electron chi connectivity index (χ1n) is 6.11. The number of hydrogen-bond acceptors (Lipinski definition) is 3. The molecule has 0 spiro atoms. The zero-order valence-corrected chi connectivity index (χ0v) is 10.6. The van der Waals surface area contributed by atoms with Gasteiger partial charge in [-0.25, -0.2) is 0 Å². The molecule has 17 heavy (non-hydrogen) atoms. The van der Waals surface area contributed by atoms with Gasteiger partial charge in [-0.1, -0.05) is 20.8 Å². The predicted molar refractivity (Wildman–Crippen MR) is 73.0 cm³/mol. The van der Waals surface area contributed by atoms with Crippen LogP contribution in [-0.2, 0) is 0 Å². The van der Waals surface area contributed by atoms with Gasteiger partial charge in [0.15, 0.2) is 0 Å². The van der Waals surface area contributed by atoms with Crippen LogP contribution in [0.2, 0.25) is 0 Å².